The number of carboxylic acids is 1. The van der Waals surface area contributed by atoms with Crippen LogP contribution in [-0.2, 0) is 22.7 Å². The molecule has 2 saturated heterocycles. The quantitative estimate of drug-likeness (QED) is 0.234. The van der Waals surface area contributed by atoms with Crippen molar-refractivity contribution in [3.05, 3.63) is 71.3 Å². The average molecular weight is 636 g/mol. The number of rotatable bonds is 7. The maximum absolute atomic E-state index is 12.5. The third kappa shape index (κ3) is 5.60. The molecule has 0 spiro atoms. The van der Waals surface area contributed by atoms with Crippen LogP contribution < -0.4 is 19.3 Å². The molecule has 9 nitrogen and oxygen atoms in total. The van der Waals surface area contributed by atoms with Crippen molar-refractivity contribution >= 4 is 34.2 Å². The average Bonchev–Trinajstić information content (AvgIpc) is 3.62. The lowest BCUT2D eigenvalue weighted by Gasteiger charge is -2.31. The van der Waals surface area contributed by atoms with Gasteiger partial charge in [-0.05, 0) is 67.1 Å². The van der Waals surface area contributed by atoms with Crippen molar-refractivity contribution in [2.75, 3.05) is 49.3 Å². The number of benzene rings is 3. The van der Waals surface area contributed by atoms with Crippen LogP contribution >= 0.6 is 0 Å². The van der Waals surface area contributed by atoms with Crippen molar-refractivity contribution in [3.8, 4) is 22.8 Å². The number of nitrogens with zero attached hydrogens (tertiary/aromatic N) is 3. The Balaban J connectivity index is 1.13. The molecule has 1 amide bonds. The molecular weight excluding hydrogens is 594 g/mol. The summed E-state index contributed by atoms with van der Waals surface area (Å²) in [5.74, 6) is 1.21. The summed E-state index contributed by atoms with van der Waals surface area (Å²) in [5.41, 5.74) is 7.85. The van der Waals surface area contributed by atoms with Crippen LogP contribution in [0.3, 0.4) is 0 Å². The number of hydrogen-bond donors (Lipinski definition) is 1. The molecule has 1 N–H and O–H groups in total. The van der Waals surface area contributed by atoms with Crippen molar-refractivity contribution in [2.24, 2.45) is 0 Å². The van der Waals surface area contributed by atoms with E-state index in [-0.39, 0.29) is 5.91 Å². The van der Waals surface area contributed by atoms with Crippen LogP contribution in [0.5, 0.6) is 11.5 Å². The lowest BCUT2D eigenvalue weighted by molar-refractivity contribution is -0.117. The van der Waals surface area contributed by atoms with E-state index in [0.29, 0.717) is 50.9 Å². The van der Waals surface area contributed by atoms with Gasteiger partial charge in [-0.15, -0.1) is 0 Å². The predicted molar refractivity (Wildman–Crippen MR) is 181 cm³/mol. The predicted octanol–water partition coefficient (Wildman–Crippen LogP) is 6.99. The van der Waals surface area contributed by atoms with Crippen LogP contribution in [0.1, 0.15) is 72.3 Å². The summed E-state index contributed by atoms with van der Waals surface area (Å²) in [4.78, 5) is 28.6. The number of hydrogen-bond acceptors (Lipinski definition) is 6. The molecule has 4 aromatic rings. The molecule has 8 rings (SSSR count). The zero-order chi connectivity index (χ0) is 31.9. The summed E-state index contributed by atoms with van der Waals surface area (Å²) >= 11 is 0. The minimum Gasteiger partial charge on any atom is -0.491 e. The van der Waals surface area contributed by atoms with E-state index in [0.717, 1.165) is 89.5 Å². The first kappa shape index (κ1) is 29.9. The van der Waals surface area contributed by atoms with Gasteiger partial charge in [-0.1, -0.05) is 31.4 Å². The molecule has 3 aromatic carbocycles. The smallest absolute Gasteiger partial charge is 0.335 e. The number of aromatic nitrogens is 1. The summed E-state index contributed by atoms with van der Waals surface area (Å²) in [7, 11) is 0. The molecular formula is C38H41N3O6. The van der Waals surface area contributed by atoms with Gasteiger partial charge in [0.25, 0.3) is 0 Å². The van der Waals surface area contributed by atoms with E-state index < -0.39 is 5.97 Å². The number of carbonyl (C=O) groups is 2. The SMILES string of the molecule is O=C(O)c1ccc2c(C3CCCCC3)c3n(c2c1)CCOc1cc(OCc2ccc(N4CCCC4=O)cc2N2CCOCC2)ccc1-3. The van der Waals surface area contributed by atoms with E-state index in [4.69, 9.17) is 14.2 Å². The number of carboxylic acid groups (broad SMARTS) is 1. The molecule has 1 aliphatic carbocycles. The van der Waals surface area contributed by atoms with Gasteiger partial charge in [0.05, 0.1) is 31.0 Å². The topological polar surface area (TPSA) is 93.5 Å². The van der Waals surface area contributed by atoms with Crippen molar-refractivity contribution in [3.63, 3.8) is 0 Å². The largest absolute Gasteiger partial charge is 0.491 e. The van der Waals surface area contributed by atoms with Crippen molar-refractivity contribution in [1.29, 1.82) is 0 Å². The van der Waals surface area contributed by atoms with E-state index >= 15 is 0 Å². The van der Waals surface area contributed by atoms with Gasteiger partial charge in [-0.25, -0.2) is 4.79 Å². The molecule has 3 fully saturated rings. The molecule has 0 radical (unpaired) electrons. The second-order valence-corrected chi connectivity index (χ2v) is 13.1. The Morgan fingerprint density at radius 2 is 1.74 bits per heavy atom. The second kappa shape index (κ2) is 12.6. The van der Waals surface area contributed by atoms with Crippen LogP contribution in [0.4, 0.5) is 11.4 Å². The molecule has 9 heteroatoms. The lowest BCUT2D eigenvalue weighted by atomic mass is 9.81. The third-order valence-corrected chi connectivity index (χ3v) is 10.3. The molecule has 0 atom stereocenters. The van der Waals surface area contributed by atoms with Crippen molar-refractivity contribution < 1.29 is 28.9 Å². The first-order valence-corrected chi connectivity index (χ1v) is 17.1. The highest BCUT2D eigenvalue weighted by Crippen LogP contribution is 2.48. The monoisotopic (exact) mass is 635 g/mol. The number of anilines is 2. The van der Waals surface area contributed by atoms with Gasteiger partial charge in [0.1, 0.15) is 24.7 Å². The van der Waals surface area contributed by atoms with Crippen LogP contribution in [-0.4, -0.2) is 61.0 Å². The third-order valence-electron chi connectivity index (χ3n) is 10.3. The van der Waals surface area contributed by atoms with E-state index in [1.165, 1.54) is 24.8 Å². The van der Waals surface area contributed by atoms with Gasteiger partial charge in [0, 0.05) is 65.5 Å². The Morgan fingerprint density at radius 1 is 0.894 bits per heavy atom. The Bertz CT molecular complexity index is 1830. The summed E-state index contributed by atoms with van der Waals surface area (Å²) in [6.45, 7) is 5.19. The highest BCUT2D eigenvalue weighted by Gasteiger charge is 2.30. The fourth-order valence-electron chi connectivity index (χ4n) is 8.01. The lowest BCUT2D eigenvalue weighted by Crippen LogP contribution is -2.37. The number of aromatic carboxylic acids is 1. The van der Waals surface area contributed by atoms with Gasteiger partial charge in [0.15, 0.2) is 0 Å². The summed E-state index contributed by atoms with van der Waals surface area (Å²) in [5, 5.41) is 10.9. The van der Waals surface area contributed by atoms with Crippen molar-refractivity contribution in [2.45, 2.75) is 64.0 Å². The van der Waals surface area contributed by atoms with Gasteiger partial charge < -0.3 is 33.7 Å². The minimum absolute atomic E-state index is 0.180. The number of ether oxygens (including phenoxy) is 3. The Morgan fingerprint density at radius 3 is 2.53 bits per heavy atom. The highest BCUT2D eigenvalue weighted by molar-refractivity contribution is 5.99. The Kier molecular flexibility index (Phi) is 8.01. The molecule has 1 aromatic heterocycles. The zero-order valence-electron chi connectivity index (χ0n) is 26.7. The molecule has 0 unspecified atom stereocenters. The summed E-state index contributed by atoms with van der Waals surface area (Å²) in [6, 6.07) is 18.0. The molecule has 1 saturated carbocycles. The normalized spacial score (nSPS) is 18.5. The first-order chi connectivity index (χ1) is 23.0. The summed E-state index contributed by atoms with van der Waals surface area (Å²) in [6.07, 6.45) is 7.46. The molecule has 47 heavy (non-hydrogen) atoms. The number of carbonyl (C=O) groups excluding carboxylic acids is 1. The maximum Gasteiger partial charge on any atom is 0.335 e. The van der Waals surface area contributed by atoms with Crippen LogP contribution in [0, 0.1) is 0 Å². The van der Waals surface area contributed by atoms with Crippen LogP contribution in [0.2, 0.25) is 0 Å². The highest BCUT2D eigenvalue weighted by atomic mass is 16.5. The van der Waals surface area contributed by atoms with E-state index in [9.17, 15) is 14.7 Å². The van der Waals surface area contributed by atoms with E-state index in [2.05, 4.69) is 27.7 Å². The number of amides is 1. The molecule has 4 heterocycles. The maximum atomic E-state index is 12.5. The number of morpholine rings is 1. The van der Waals surface area contributed by atoms with E-state index in [1.807, 2.05) is 35.2 Å². The molecule has 3 aliphatic heterocycles. The standard InChI is InChI=1S/C38H41N3O6/c42-35-7-4-14-40(35)28-10-8-27(32(22-28)39-15-18-45-19-16-39)24-47-29-11-13-31-34(23-29)46-20-17-41-33-21-26(38(43)44)9-12-30(33)36(37(31)41)25-5-2-1-3-6-25/h8-13,21-23,25H,1-7,14-20,24H2,(H,43,44). The van der Waals surface area contributed by atoms with Crippen LogP contribution in [0.25, 0.3) is 22.2 Å². The first-order valence-electron chi connectivity index (χ1n) is 17.1. The summed E-state index contributed by atoms with van der Waals surface area (Å²) < 4.78 is 20.7. The Labute approximate surface area is 274 Å². The molecule has 0 bridgehead atoms. The van der Waals surface area contributed by atoms with Crippen molar-refractivity contribution in [1.82, 2.24) is 4.57 Å². The van der Waals surface area contributed by atoms with Gasteiger partial charge in [0.2, 0.25) is 5.91 Å². The fraction of sp³-hybridized carbons (Fsp3) is 0.421. The molecule has 4 aliphatic rings. The number of fused-ring (bicyclic) bond motifs is 5. The Hall–Kier alpha value is -4.50. The van der Waals surface area contributed by atoms with Gasteiger partial charge >= 0.3 is 5.97 Å². The second-order valence-electron chi connectivity index (χ2n) is 13.1. The van der Waals surface area contributed by atoms with Crippen LogP contribution in [0.15, 0.2) is 54.6 Å². The minimum atomic E-state index is -0.912. The zero-order valence-corrected chi connectivity index (χ0v) is 26.7. The van der Waals surface area contributed by atoms with E-state index in [1.54, 1.807) is 6.07 Å². The van der Waals surface area contributed by atoms with Gasteiger partial charge in [-0.3, -0.25) is 4.79 Å². The molecule has 244 valence electrons. The fourth-order valence-corrected chi connectivity index (χ4v) is 8.01. The van der Waals surface area contributed by atoms with Gasteiger partial charge in [-0.2, -0.15) is 0 Å².